The number of aromatic nitrogens is 1. The predicted molar refractivity (Wildman–Crippen MR) is 92.0 cm³/mol. The molecule has 0 radical (unpaired) electrons. The van der Waals surface area contributed by atoms with Crippen LogP contribution in [0.15, 0.2) is 47.8 Å². The molecule has 0 aliphatic heterocycles. The Hall–Kier alpha value is -2.73. The van der Waals surface area contributed by atoms with E-state index in [4.69, 9.17) is 9.47 Å². The zero-order valence-corrected chi connectivity index (χ0v) is 13.6. The maximum absolute atomic E-state index is 9.35. The molecule has 0 amide bonds. The highest BCUT2D eigenvalue weighted by molar-refractivity contribution is 7.14. The number of rotatable bonds is 5. The van der Waals surface area contributed by atoms with Crippen molar-refractivity contribution < 1.29 is 14.6 Å². The summed E-state index contributed by atoms with van der Waals surface area (Å²) in [4.78, 5) is 4.56. The van der Waals surface area contributed by atoms with E-state index in [-0.39, 0.29) is 5.75 Å². The summed E-state index contributed by atoms with van der Waals surface area (Å²) in [5.74, 6) is 1.66. The molecule has 2 N–H and O–H groups in total. The minimum atomic E-state index is 0.241. The van der Waals surface area contributed by atoms with Gasteiger partial charge in [0.1, 0.15) is 17.2 Å². The molecule has 0 bridgehead atoms. The van der Waals surface area contributed by atoms with Crippen molar-refractivity contribution in [2.45, 2.75) is 0 Å². The number of hydrogen-bond acceptors (Lipinski definition) is 6. The summed E-state index contributed by atoms with van der Waals surface area (Å²) >= 11 is 1.50. The molecule has 3 rings (SSSR count). The van der Waals surface area contributed by atoms with E-state index in [2.05, 4.69) is 10.3 Å². The van der Waals surface area contributed by atoms with Crippen molar-refractivity contribution in [1.29, 1.82) is 0 Å². The first kappa shape index (κ1) is 15.2. The van der Waals surface area contributed by atoms with Crippen LogP contribution in [-0.4, -0.2) is 24.3 Å². The van der Waals surface area contributed by atoms with Crippen molar-refractivity contribution in [1.82, 2.24) is 4.98 Å². The maximum Gasteiger partial charge on any atom is 0.187 e. The lowest BCUT2D eigenvalue weighted by Gasteiger charge is -2.10. The van der Waals surface area contributed by atoms with Crippen molar-refractivity contribution in [2.24, 2.45) is 0 Å². The van der Waals surface area contributed by atoms with Gasteiger partial charge in [0.25, 0.3) is 0 Å². The van der Waals surface area contributed by atoms with Crippen LogP contribution >= 0.6 is 11.3 Å². The van der Waals surface area contributed by atoms with Gasteiger partial charge < -0.3 is 19.9 Å². The van der Waals surface area contributed by atoms with Gasteiger partial charge in [-0.15, -0.1) is 11.3 Å². The molecule has 0 fully saturated rings. The smallest absolute Gasteiger partial charge is 0.187 e. The Morgan fingerprint density at radius 3 is 2.52 bits per heavy atom. The average molecular weight is 328 g/mol. The summed E-state index contributed by atoms with van der Waals surface area (Å²) in [6.07, 6.45) is 0. The molecule has 5 nitrogen and oxygen atoms in total. The Kier molecular flexibility index (Phi) is 4.34. The largest absolute Gasteiger partial charge is 0.508 e. The summed E-state index contributed by atoms with van der Waals surface area (Å²) in [5, 5.41) is 15.3. The second kappa shape index (κ2) is 6.58. The Morgan fingerprint density at radius 2 is 1.83 bits per heavy atom. The Bertz CT molecular complexity index is 800. The van der Waals surface area contributed by atoms with Gasteiger partial charge in [-0.3, -0.25) is 0 Å². The zero-order chi connectivity index (χ0) is 16.2. The first-order chi connectivity index (χ1) is 11.2. The van der Waals surface area contributed by atoms with Crippen LogP contribution in [0.5, 0.6) is 17.2 Å². The van der Waals surface area contributed by atoms with Gasteiger partial charge in [0.05, 0.1) is 25.6 Å². The number of nitrogens with zero attached hydrogens (tertiary/aromatic N) is 1. The number of aromatic hydroxyl groups is 1. The van der Waals surface area contributed by atoms with Gasteiger partial charge in [0.15, 0.2) is 5.13 Å². The quantitative estimate of drug-likeness (QED) is 0.732. The van der Waals surface area contributed by atoms with Gasteiger partial charge in [-0.05, 0) is 36.4 Å². The van der Waals surface area contributed by atoms with Crippen molar-refractivity contribution >= 4 is 22.2 Å². The molecule has 1 aromatic heterocycles. The molecule has 0 spiro atoms. The SMILES string of the molecule is COc1ccc(Nc2nc(-c3ccc(O)cc3)cs2)c(OC)c1. The normalized spacial score (nSPS) is 10.3. The van der Waals surface area contributed by atoms with Crippen LogP contribution in [0.1, 0.15) is 0 Å². The first-order valence-electron chi connectivity index (χ1n) is 6.93. The minimum absolute atomic E-state index is 0.241. The van der Waals surface area contributed by atoms with E-state index in [1.165, 1.54) is 11.3 Å². The molecule has 0 atom stereocenters. The maximum atomic E-state index is 9.35. The van der Waals surface area contributed by atoms with Crippen LogP contribution in [0.2, 0.25) is 0 Å². The number of anilines is 2. The fourth-order valence-electron chi connectivity index (χ4n) is 2.11. The van der Waals surface area contributed by atoms with E-state index in [0.29, 0.717) is 5.75 Å². The number of nitrogens with one attached hydrogen (secondary N) is 1. The number of methoxy groups -OCH3 is 2. The van der Waals surface area contributed by atoms with E-state index < -0.39 is 0 Å². The third kappa shape index (κ3) is 3.37. The van der Waals surface area contributed by atoms with E-state index in [1.54, 1.807) is 26.4 Å². The summed E-state index contributed by atoms with van der Waals surface area (Å²) in [6, 6.07) is 12.5. The monoisotopic (exact) mass is 328 g/mol. The Balaban J connectivity index is 1.83. The van der Waals surface area contributed by atoms with E-state index in [0.717, 1.165) is 27.8 Å². The summed E-state index contributed by atoms with van der Waals surface area (Å²) in [7, 11) is 3.23. The van der Waals surface area contributed by atoms with Gasteiger partial charge in [-0.25, -0.2) is 4.98 Å². The van der Waals surface area contributed by atoms with Crippen molar-refractivity contribution in [3.05, 3.63) is 47.8 Å². The number of hydrogen-bond donors (Lipinski definition) is 2. The average Bonchev–Trinajstić information content (AvgIpc) is 3.04. The number of thiazole rings is 1. The van der Waals surface area contributed by atoms with Crippen LogP contribution < -0.4 is 14.8 Å². The lowest BCUT2D eigenvalue weighted by Crippen LogP contribution is -1.95. The van der Waals surface area contributed by atoms with Gasteiger partial charge >= 0.3 is 0 Å². The van der Waals surface area contributed by atoms with E-state index in [1.807, 2.05) is 35.7 Å². The fraction of sp³-hybridized carbons (Fsp3) is 0.118. The molecule has 0 saturated carbocycles. The van der Waals surface area contributed by atoms with Crippen LogP contribution in [0.3, 0.4) is 0 Å². The van der Waals surface area contributed by atoms with Crippen LogP contribution in [0.4, 0.5) is 10.8 Å². The molecular formula is C17H16N2O3S. The van der Waals surface area contributed by atoms with Crippen LogP contribution in [0, 0.1) is 0 Å². The second-order valence-corrected chi connectivity index (χ2v) is 5.63. The summed E-state index contributed by atoms with van der Waals surface area (Å²) in [5.41, 5.74) is 2.62. The Labute approximate surface area is 138 Å². The number of ether oxygens (including phenoxy) is 2. The van der Waals surface area contributed by atoms with Gasteiger partial charge in [0.2, 0.25) is 0 Å². The second-order valence-electron chi connectivity index (χ2n) is 4.78. The van der Waals surface area contributed by atoms with Crippen molar-refractivity contribution in [2.75, 3.05) is 19.5 Å². The highest BCUT2D eigenvalue weighted by atomic mass is 32.1. The lowest BCUT2D eigenvalue weighted by molar-refractivity contribution is 0.395. The van der Waals surface area contributed by atoms with Gasteiger partial charge in [-0.2, -0.15) is 0 Å². The predicted octanol–water partition coefficient (Wildman–Crippen LogP) is 4.28. The van der Waals surface area contributed by atoms with Gasteiger partial charge in [0, 0.05) is 17.0 Å². The summed E-state index contributed by atoms with van der Waals surface area (Å²) < 4.78 is 10.6. The molecule has 0 aliphatic carbocycles. The molecular weight excluding hydrogens is 312 g/mol. The molecule has 3 aromatic rings. The number of phenolic OH excluding ortho intramolecular Hbond substituents is 1. The fourth-order valence-corrected chi connectivity index (χ4v) is 2.84. The van der Waals surface area contributed by atoms with E-state index in [9.17, 15) is 5.11 Å². The first-order valence-corrected chi connectivity index (χ1v) is 7.81. The standard InChI is InChI=1S/C17H16N2O3S/c1-21-13-7-8-14(16(9-13)22-2)18-17-19-15(10-23-17)11-3-5-12(20)6-4-11/h3-10,20H,1-2H3,(H,18,19). The molecule has 118 valence electrons. The molecule has 6 heteroatoms. The minimum Gasteiger partial charge on any atom is -0.508 e. The number of phenols is 1. The summed E-state index contributed by atoms with van der Waals surface area (Å²) in [6.45, 7) is 0. The zero-order valence-electron chi connectivity index (χ0n) is 12.7. The molecule has 0 saturated heterocycles. The van der Waals surface area contributed by atoms with Crippen LogP contribution in [-0.2, 0) is 0 Å². The highest BCUT2D eigenvalue weighted by Crippen LogP contribution is 2.33. The van der Waals surface area contributed by atoms with Crippen LogP contribution in [0.25, 0.3) is 11.3 Å². The molecule has 0 aliphatic rings. The van der Waals surface area contributed by atoms with E-state index >= 15 is 0 Å². The molecule has 0 unspecified atom stereocenters. The third-order valence-corrected chi connectivity index (χ3v) is 4.08. The van der Waals surface area contributed by atoms with Crippen molar-refractivity contribution in [3.8, 4) is 28.5 Å². The molecule has 1 heterocycles. The van der Waals surface area contributed by atoms with Gasteiger partial charge in [-0.1, -0.05) is 0 Å². The van der Waals surface area contributed by atoms with Crippen molar-refractivity contribution in [3.63, 3.8) is 0 Å². The lowest BCUT2D eigenvalue weighted by atomic mass is 10.2. The number of benzene rings is 2. The third-order valence-electron chi connectivity index (χ3n) is 3.32. The molecule has 2 aromatic carbocycles. The highest BCUT2D eigenvalue weighted by Gasteiger charge is 2.09. The topological polar surface area (TPSA) is 63.6 Å². The molecule has 23 heavy (non-hydrogen) atoms. The Morgan fingerprint density at radius 1 is 1.04 bits per heavy atom.